The highest BCUT2D eigenvalue weighted by atomic mass is 16.5. The van der Waals surface area contributed by atoms with E-state index in [1.54, 1.807) is 38.1 Å². The minimum absolute atomic E-state index is 0.276. The SMILES string of the molecule is Cc1ccc(NC(=O)NC2C=C(c3ccccc3)c3ccccc3N(CC(=O)OC(C)C)C2=O)cc1. The molecule has 1 heterocycles. The van der Waals surface area contributed by atoms with Crippen LogP contribution in [0.4, 0.5) is 16.2 Å². The highest BCUT2D eigenvalue weighted by Gasteiger charge is 2.33. The summed E-state index contributed by atoms with van der Waals surface area (Å²) in [7, 11) is 0. The molecule has 0 spiro atoms. The van der Waals surface area contributed by atoms with Gasteiger partial charge in [0.15, 0.2) is 0 Å². The van der Waals surface area contributed by atoms with Crippen LogP contribution in [0.1, 0.15) is 30.5 Å². The van der Waals surface area contributed by atoms with Gasteiger partial charge in [0.1, 0.15) is 12.6 Å². The first-order chi connectivity index (χ1) is 17.3. The lowest BCUT2D eigenvalue weighted by atomic mass is 9.95. The Hall–Kier alpha value is -4.39. The maximum absolute atomic E-state index is 13.8. The van der Waals surface area contributed by atoms with E-state index in [1.165, 1.54) is 4.90 Å². The number of benzene rings is 3. The number of amides is 3. The number of carbonyl (C=O) groups is 3. The quantitative estimate of drug-likeness (QED) is 0.488. The summed E-state index contributed by atoms with van der Waals surface area (Å²) < 4.78 is 5.32. The van der Waals surface area contributed by atoms with E-state index in [-0.39, 0.29) is 12.6 Å². The van der Waals surface area contributed by atoms with Crippen LogP contribution in [0.5, 0.6) is 0 Å². The van der Waals surface area contributed by atoms with E-state index in [0.717, 1.165) is 22.3 Å². The molecule has 0 bridgehead atoms. The first-order valence-corrected chi connectivity index (χ1v) is 11.8. The average Bonchev–Trinajstić information content (AvgIpc) is 2.96. The number of urea groups is 1. The fourth-order valence-electron chi connectivity index (χ4n) is 4.06. The molecule has 0 saturated heterocycles. The molecule has 7 heteroatoms. The number of carbonyl (C=O) groups excluding carboxylic acids is 3. The molecule has 0 saturated carbocycles. The largest absolute Gasteiger partial charge is 0.462 e. The Bertz CT molecular complexity index is 1280. The predicted molar refractivity (Wildman–Crippen MR) is 141 cm³/mol. The third-order valence-corrected chi connectivity index (χ3v) is 5.69. The van der Waals surface area contributed by atoms with E-state index in [9.17, 15) is 14.4 Å². The number of hydrogen-bond acceptors (Lipinski definition) is 4. The zero-order valence-corrected chi connectivity index (χ0v) is 20.5. The lowest BCUT2D eigenvalue weighted by Gasteiger charge is -2.26. The monoisotopic (exact) mass is 483 g/mol. The van der Waals surface area contributed by atoms with Crippen molar-refractivity contribution in [2.24, 2.45) is 0 Å². The van der Waals surface area contributed by atoms with Crippen LogP contribution in [-0.4, -0.2) is 36.6 Å². The van der Waals surface area contributed by atoms with Crippen molar-refractivity contribution < 1.29 is 19.1 Å². The van der Waals surface area contributed by atoms with Crippen LogP contribution >= 0.6 is 0 Å². The topological polar surface area (TPSA) is 87.7 Å². The Labute approximate surface area is 210 Å². The van der Waals surface area contributed by atoms with Crippen LogP contribution in [-0.2, 0) is 14.3 Å². The standard InChI is InChI=1S/C29H29N3O4/c1-19(2)36-27(33)18-32-26-12-8-7-11-23(26)24(21-9-5-4-6-10-21)17-25(28(32)34)31-29(35)30-22-15-13-20(3)14-16-22/h4-17,19,25H,18H2,1-3H3,(H2,30,31,35). The summed E-state index contributed by atoms with van der Waals surface area (Å²) in [6.07, 6.45) is 1.42. The second-order valence-electron chi connectivity index (χ2n) is 8.87. The van der Waals surface area contributed by atoms with Gasteiger partial charge >= 0.3 is 12.0 Å². The van der Waals surface area contributed by atoms with Crippen molar-refractivity contribution in [2.45, 2.75) is 32.9 Å². The predicted octanol–water partition coefficient (Wildman–Crippen LogP) is 4.92. The van der Waals surface area contributed by atoms with E-state index in [0.29, 0.717) is 11.4 Å². The third kappa shape index (κ3) is 5.81. The van der Waals surface area contributed by atoms with Gasteiger partial charge in [-0.3, -0.25) is 14.5 Å². The normalized spacial score (nSPS) is 15.0. The van der Waals surface area contributed by atoms with E-state index in [1.807, 2.05) is 67.6 Å². The number of para-hydroxylation sites is 1. The highest BCUT2D eigenvalue weighted by molar-refractivity contribution is 6.09. The van der Waals surface area contributed by atoms with Gasteiger partial charge in [0.05, 0.1) is 11.8 Å². The van der Waals surface area contributed by atoms with Crippen molar-refractivity contribution in [3.05, 3.63) is 102 Å². The molecule has 3 aromatic rings. The number of hydrogen-bond donors (Lipinski definition) is 2. The average molecular weight is 484 g/mol. The number of nitrogens with zero attached hydrogens (tertiary/aromatic N) is 1. The molecule has 1 aliphatic rings. The highest BCUT2D eigenvalue weighted by Crippen LogP contribution is 2.35. The molecule has 1 aliphatic heterocycles. The zero-order chi connectivity index (χ0) is 25.7. The molecule has 3 aromatic carbocycles. The number of nitrogens with one attached hydrogen (secondary N) is 2. The number of ether oxygens (including phenoxy) is 1. The van der Waals surface area contributed by atoms with Crippen molar-refractivity contribution in [2.75, 3.05) is 16.8 Å². The van der Waals surface area contributed by atoms with Crippen LogP contribution in [0.2, 0.25) is 0 Å². The number of anilines is 2. The summed E-state index contributed by atoms with van der Waals surface area (Å²) in [5.74, 6) is -0.965. The van der Waals surface area contributed by atoms with Crippen molar-refractivity contribution in [1.29, 1.82) is 0 Å². The van der Waals surface area contributed by atoms with E-state index >= 15 is 0 Å². The summed E-state index contributed by atoms with van der Waals surface area (Å²) in [5, 5.41) is 5.55. The maximum atomic E-state index is 13.8. The van der Waals surface area contributed by atoms with Crippen LogP contribution < -0.4 is 15.5 Å². The Morgan fingerprint density at radius 1 is 0.944 bits per heavy atom. The molecule has 1 unspecified atom stereocenters. The summed E-state index contributed by atoms with van der Waals surface area (Å²) in [6, 6.07) is 22.8. The van der Waals surface area contributed by atoms with Gasteiger partial charge in [0, 0.05) is 11.3 Å². The van der Waals surface area contributed by atoms with Crippen molar-refractivity contribution in [3.8, 4) is 0 Å². The lowest BCUT2D eigenvalue weighted by Crippen LogP contribution is -2.50. The first-order valence-electron chi connectivity index (χ1n) is 11.8. The molecular weight excluding hydrogens is 454 g/mol. The molecule has 0 aromatic heterocycles. The Kier molecular flexibility index (Phi) is 7.49. The van der Waals surface area contributed by atoms with Gasteiger partial charge in [-0.1, -0.05) is 66.2 Å². The summed E-state index contributed by atoms with van der Waals surface area (Å²) in [6.45, 7) is 5.19. The fraction of sp³-hybridized carbons (Fsp3) is 0.207. The first kappa shape index (κ1) is 24.7. The van der Waals surface area contributed by atoms with Gasteiger partial charge in [-0.25, -0.2) is 4.79 Å². The van der Waals surface area contributed by atoms with Crippen molar-refractivity contribution >= 4 is 34.9 Å². The molecule has 3 amide bonds. The van der Waals surface area contributed by atoms with E-state index in [4.69, 9.17) is 4.74 Å². The summed E-state index contributed by atoms with van der Waals surface area (Å²) in [4.78, 5) is 40.7. The summed E-state index contributed by atoms with van der Waals surface area (Å²) in [5.41, 5.74) is 4.68. The minimum Gasteiger partial charge on any atom is -0.462 e. The van der Waals surface area contributed by atoms with Crippen LogP contribution in [0.3, 0.4) is 0 Å². The van der Waals surface area contributed by atoms with Gasteiger partial charge < -0.3 is 15.4 Å². The smallest absolute Gasteiger partial charge is 0.326 e. The molecule has 7 nitrogen and oxygen atoms in total. The number of rotatable bonds is 6. The van der Waals surface area contributed by atoms with Gasteiger partial charge in [-0.15, -0.1) is 0 Å². The van der Waals surface area contributed by atoms with Crippen LogP contribution in [0.15, 0.2) is 84.9 Å². The second-order valence-corrected chi connectivity index (χ2v) is 8.87. The van der Waals surface area contributed by atoms with Gasteiger partial charge in [0.2, 0.25) is 0 Å². The Morgan fingerprint density at radius 2 is 1.61 bits per heavy atom. The molecule has 2 N–H and O–H groups in total. The van der Waals surface area contributed by atoms with Gasteiger partial charge in [0.25, 0.3) is 5.91 Å². The molecular formula is C29H29N3O4. The van der Waals surface area contributed by atoms with Crippen LogP contribution in [0.25, 0.3) is 5.57 Å². The maximum Gasteiger partial charge on any atom is 0.326 e. The zero-order valence-electron chi connectivity index (χ0n) is 20.5. The summed E-state index contributed by atoms with van der Waals surface area (Å²) >= 11 is 0. The number of aryl methyl sites for hydroxylation is 1. The Balaban J connectivity index is 1.72. The van der Waals surface area contributed by atoms with E-state index in [2.05, 4.69) is 10.6 Å². The van der Waals surface area contributed by atoms with Crippen molar-refractivity contribution in [3.63, 3.8) is 0 Å². The molecule has 0 aliphatic carbocycles. The number of esters is 1. The van der Waals surface area contributed by atoms with Crippen molar-refractivity contribution in [1.82, 2.24) is 5.32 Å². The molecule has 4 rings (SSSR count). The number of fused-ring (bicyclic) bond motifs is 1. The van der Waals surface area contributed by atoms with E-state index < -0.39 is 23.9 Å². The lowest BCUT2D eigenvalue weighted by molar-refractivity contribution is -0.146. The Morgan fingerprint density at radius 3 is 2.31 bits per heavy atom. The molecule has 0 radical (unpaired) electrons. The molecule has 1 atom stereocenters. The second kappa shape index (κ2) is 10.9. The molecule has 36 heavy (non-hydrogen) atoms. The van der Waals surface area contributed by atoms with Gasteiger partial charge in [-0.05, 0) is 56.2 Å². The minimum atomic E-state index is -1.02. The fourth-order valence-corrected chi connectivity index (χ4v) is 4.06. The third-order valence-electron chi connectivity index (χ3n) is 5.69. The molecule has 0 fully saturated rings. The van der Waals surface area contributed by atoms with Gasteiger partial charge in [-0.2, -0.15) is 0 Å². The molecule has 184 valence electrons. The van der Waals surface area contributed by atoms with Crippen LogP contribution in [0, 0.1) is 6.92 Å².